The number of nitrogens with one attached hydrogen (secondary N) is 2. The molecule has 3 heteroatoms. The van der Waals surface area contributed by atoms with Crippen molar-refractivity contribution >= 4 is 11.6 Å². The lowest BCUT2D eigenvalue weighted by Crippen LogP contribution is -2.26. The van der Waals surface area contributed by atoms with E-state index in [4.69, 9.17) is 0 Å². The van der Waals surface area contributed by atoms with Crippen LogP contribution >= 0.6 is 0 Å². The van der Waals surface area contributed by atoms with Gasteiger partial charge in [-0.1, -0.05) is 13.8 Å². The predicted molar refractivity (Wildman–Crippen MR) is 77.1 cm³/mol. The molecule has 1 aromatic rings. The topological polar surface area (TPSA) is 41.1 Å². The maximum Gasteiger partial charge on any atom is 0.251 e. The average molecular weight is 248 g/mol. The lowest BCUT2D eigenvalue weighted by molar-refractivity contribution is 0.0951. The van der Waals surface area contributed by atoms with Crippen LogP contribution in [0.15, 0.2) is 18.2 Å². The molecule has 0 radical (unpaired) electrons. The van der Waals surface area contributed by atoms with E-state index < -0.39 is 0 Å². The number of carbonyl (C=O) groups excluding carboxylic acids is 1. The Labute approximate surface area is 110 Å². The SMILES string of the molecule is CCNc1ccc(C(=O)NCCC(C)C)c(C)c1. The van der Waals surface area contributed by atoms with Gasteiger partial charge in [0.25, 0.3) is 5.91 Å². The van der Waals surface area contributed by atoms with Crippen molar-refractivity contribution in [3.05, 3.63) is 29.3 Å². The van der Waals surface area contributed by atoms with Gasteiger partial charge in [0.1, 0.15) is 0 Å². The van der Waals surface area contributed by atoms with Gasteiger partial charge in [-0.05, 0) is 49.9 Å². The van der Waals surface area contributed by atoms with Crippen molar-refractivity contribution in [3.63, 3.8) is 0 Å². The molecule has 3 nitrogen and oxygen atoms in total. The monoisotopic (exact) mass is 248 g/mol. The van der Waals surface area contributed by atoms with Crippen molar-refractivity contribution in [3.8, 4) is 0 Å². The molecule has 0 aromatic heterocycles. The van der Waals surface area contributed by atoms with Crippen LogP contribution in [0.25, 0.3) is 0 Å². The fraction of sp³-hybridized carbons (Fsp3) is 0.533. The summed E-state index contributed by atoms with van der Waals surface area (Å²) in [5.74, 6) is 0.638. The van der Waals surface area contributed by atoms with Crippen molar-refractivity contribution in [2.24, 2.45) is 5.92 Å². The smallest absolute Gasteiger partial charge is 0.251 e. The van der Waals surface area contributed by atoms with Crippen LogP contribution in [0.5, 0.6) is 0 Å². The van der Waals surface area contributed by atoms with E-state index in [2.05, 4.69) is 31.4 Å². The first kappa shape index (κ1) is 14.6. The highest BCUT2D eigenvalue weighted by molar-refractivity contribution is 5.96. The Morgan fingerprint density at radius 3 is 2.61 bits per heavy atom. The Morgan fingerprint density at radius 1 is 1.33 bits per heavy atom. The fourth-order valence-corrected chi connectivity index (χ4v) is 1.80. The fourth-order valence-electron chi connectivity index (χ4n) is 1.80. The number of hydrogen-bond acceptors (Lipinski definition) is 2. The van der Waals surface area contributed by atoms with E-state index in [1.807, 2.05) is 25.1 Å². The quantitative estimate of drug-likeness (QED) is 0.811. The molecule has 18 heavy (non-hydrogen) atoms. The van der Waals surface area contributed by atoms with Gasteiger partial charge in [0.05, 0.1) is 0 Å². The lowest BCUT2D eigenvalue weighted by Gasteiger charge is -2.11. The largest absolute Gasteiger partial charge is 0.385 e. The number of carbonyl (C=O) groups is 1. The predicted octanol–water partition coefficient (Wildman–Crippen LogP) is 3.20. The second-order valence-electron chi connectivity index (χ2n) is 5.00. The van der Waals surface area contributed by atoms with Gasteiger partial charge in [0.15, 0.2) is 0 Å². The zero-order valence-electron chi connectivity index (χ0n) is 11.8. The molecule has 100 valence electrons. The van der Waals surface area contributed by atoms with Crippen LogP contribution in [-0.4, -0.2) is 19.0 Å². The van der Waals surface area contributed by atoms with E-state index in [0.29, 0.717) is 5.92 Å². The maximum absolute atomic E-state index is 12.0. The molecule has 0 fully saturated rings. The van der Waals surface area contributed by atoms with Gasteiger partial charge in [-0.2, -0.15) is 0 Å². The third-order valence-electron chi connectivity index (χ3n) is 2.86. The number of benzene rings is 1. The second kappa shape index (κ2) is 7.04. The summed E-state index contributed by atoms with van der Waals surface area (Å²) in [6.45, 7) is 9.97. The summed E-state index contributed by atoms with van der Waals surface area (Å²) in [5.41, 5.74) is 2.84. The molecule has 0 spiro atoms. The summed E-state index contributed by atoms with van der Waals surface area (Å²) < 4.78 is 0. The number of aryl methyl sites for hydroxylation is 1. The molecule has 2 N–H and O–H groups in total. The molecule has 0 unspecified atom stereocenters. The minimum atomic E-state index is 0.0243. The van der Waals surface area contributed by atoms with E-state index in [1.54, 1.807) is 0 Å². The third-order valence-corrected chi connectivity index (χ3v) is 2.86. The average Bonchev–Trinajstić information content (AvgIpc) is 2.28. The molecular formula is C15H24N2O. The second-order valence-corrected chi connectivity index (χ2v) is 5.00. The summed E-state index contributed by atoms with van der Waals surface area (Å²) >= 11 is 0. The Balaban J connectivity index is 2.62. The number of anilines is 1. The van der Waals surface area contributed by atoms with Crippen LogP contribution in [0.4, 0.5) is 5.69 Å². The maximum atomic E-state index is 12.0. The molecule has 0 aliphatic heterocycles. The van der Waals surface area contributed by atoms with E-state index in [1.165, 1.54) is 0 Å². The highest BCUT2D eigenvalue weighted by Crippen LogP contribution is 2.15. The van der Waals surface area contributed by atoms with Crippen molar-refractivity contribution in [1.29, 1.82) is 0 Å². The molecule has 0 aliphatic carbocycles. The summed E-state index contributed by atoms with van der Waals surface area (Å²) in [7, 11) is 0. The minimum Gasteiger partial charge on any atom is -0.385 e. The molecule has 0 bridgehead atoms. The van der Waals surface area contributed by atoms with E-state index in [0.717, 1.165) is 36.3 Å². The number of amides is 1. The van der Waals surface area contributed by atoms with Crippen molar-refractivity contribution in [2.45, 2.75) is 34.1 Å². The zero-order chi connectivity index (χ0) is 13.5. The molecule has 1 aromatic carbocycles. The van der Waals surface area contributed by atoms with Gasteiger partial charge in [0, 0.05) is 24.3 Å². The van der Waals surface area contributed by atoms with Crippen molar-refractivity contribution in [1.82, 2.24) is 5.32 Å². The molecule has 1 amide bonds. The zero-order valence-corrected chi connectivity index (χ0v) is 11.8. The van der Waals surface area contributed by atoms with Gasteiger partial charge in [-0.25, -0.2) is 0 Å². The Morgan fingerprint density at radius 2 is 2.06 bits per heavy atom. The van der Waals surface area contributed by atoms with E-state index >= 15 is 0 Å². The molecule has 0 saturated carbocycles. The van der Waals surface area contributed by atoms with Gasteiger partial charge in [0.2, 0.25) is 0 Å². The van der Waals surface area contributed by atoms with Crippen molar-refractivity contribution in [2.75, 3.05) is 18.4 Å². The first-order valence-electron chi connectivity index (χ1n) is 6.67. The molecule has 0 saturated heterocycles. The highest BCUT2D eigenvalue weighted by atomic mass is 16.1. The van der Waals surface area contributed by atoms with Crippen LogP contribution in [0.3, 0.4) is 0 Å². The van der Waals surface area contributed by atoms with Crippen LogP contribution in [0.2, 0.25) is 0 Å². The van der Waals surface area contributed by atoms with Gasteiger partial charge in [-0.15, -0.1) is 0 Å². The van der Waals surface area contributed by atoms with E-state index in [-0.39, 0.29) is 5.91 Å². The number of hydrogen-bond donors (Lipinski definition) is 2. The van der Waals surface area contributed by atoms with Gasteiger partial charge < -0.3 is 10.6 Å². The Hall–Kier alpha value is -1.51. The summed E-state index contributed by atoms with van der Waals surface area (Å²) in [5, 5.41) is 6.20. The first-order chi connectivity index (χ1) is 8.54. The Kier molecular flexibility index (Phi) is 5.69. The van der Waals surface area contributed by atoms with Gasteiger partial charge in [-0.3, -0.25) is 4.79 Å². The molecular weight excluding hydrogens is 224 g/mol. The molecule has 0 atom stereocenters. The van der Waals surface area contributed by atoms with Gasteiger partial charge >= 0.3 is 0 Å². The highest BCUT2D eigenvalue weighted by Gasteiger charge is 2.08. The third kappa shape index (κ3) is 4.40. The molecule has 1 rings (SSSR count). The normalized spacial score (nSPS) is 10.5. The number of rotatable bonds is 6. The summed E-state index contributed by atoms with van der Waals surface area (Å²) in [4.78, 5) is 12.0. The minimum absolute atomic E-state index is 0.0243. The summed E-state index contributed by atoms with van der Waals surface area (Å²) in [6.07, 6.45) is 1.01. The standard InChI is InChI=1S/C15H24N2O/c1-5-16-13-6-7-14(12(4)10-13)15(18)17-9-8-11(2)3/h6-7,10-11,16H,5,8-9H2,1-4H3,(H,17,18). The van der Waals surface area contributed by atoms with Crippen LogP contribution in [0.1, 0.15) is 43.1 Å². The molecule has 0 aliphatic rings. The van der Waals surface area contributed by atoms with E-state index in [9.17, 15) is 4.79 Å². The molecule has 0 heterocycles. The first-order valence-corrected chi connectivity index (χ1v) is 6.67. The lowest BCUT2D eigenvalue weighted by atomic mass is 10.1. The van der Waals surface area contributed by atoms with Crippen molar-refractivity contribution < 1.29 is 4.79 Å². The summed E-state index contributed by atoms with van der Waals surface area (Å²) in [6, 6.07) is 5.85. The van der Waals surface area contributed by atoms with Crippen LogP contribution in [-0.2, 0) is 0 Å². The van der Waals surface area contributed by atoms with Crippen LogP contribution < -0.4 is 10.6 Å². The van der Waals surface area contributed by atoms with Crippen LogP contribution in [0, 0.1) is 12.8 Å². The Bertz CT molecular complexity index is 399.